The lowest BCUT2D eigenvalue weighted by molar-refractivity contribution is -0.0222. The number of hydrogen-bond donors (Lipinski definition) is 0. The zero-order chi connectivity index (χ0) is 16.1. The van der Waals surface area contributed by atoms with Gasteiger partial charge < -0.3 is 5.32 Å². The maximum absolute atomic E-state index is 4.90. The standard InChI is InChI=1S/C21H34N/c1-14(2)9-12-21-13-15(3)17-10-11-20(5,22-6)18(19(17)21)8-7-16(21)4/h9,12,15-19H,1,7-8,10-11,13H2,2-6H3/q-1/b12-9+/t15-,16+,17+,18-,19+,20-,21-/m1/s1. The van der Waals surface area contributed by atoms with E-state index in [1.54, 1.807) is 0 Å². The third-order valence-corrected chi connectivity index (χ3v) is 7.72. The molecule has 0 radical (unpaired) electrons. The predicted molar refractivity (Wildman–Crippen MR) is 96.0 cm³/mol. The minimum Gasteiger partial charge on any atom is -0.659 e. The van der Waals surface area contributed by atoms with Crippen LogP contribution in [0.25, 0.3) is 5.32 Å². The van der Waals surface area contributed by atoms with Gasteiger partial charge in [-0.3, -0.25) is 0 Å². The summed E-state index contributed by atoms with van der Waals surface area (Å²) in [6.07, 6.45) is 11.7. The smallest absolute Gasteiger partial charge is 0.00536 e. The Labute approximate surface area is 137 Å². The molecule has 0 heterocycles. The summed E-state index contributed by atoms with van der Waals surface area (Å²) in [5.41, 5.74) is 1.81. The van der Waals surface area contributed by atoms with E-state index < -0.39 is 0 Å². The van der Waals surface area contributed by atoms with Crippen LogP contribution in [0.1, 0.15) is 59.8 Å². The average molecular weight is 301 g/mol. The molecule has 22 heavy (non-hydrogen) atoms. The third-order valence-electron chi connectivity index (χ3n) is 7.72. The molecule has 0 aromatic carbocycles. The van der Waals surface area contributed by atoms with Gasteiger partial charge >= 0.3 is 0 Å². The molecule has 0 aliphatic heterocycles. The Kier molecular flexibility index (Phi) is 4.08. The molecule has 3 fully saturated rings. The number of nitrogens with zero attached hydrogens (tertiary/aromatic N) is 1. The maximum Gasteiger partial charge on any atom is -0.00536 e. The molecule has 0 amide bonds. The Morgan fingerprint density at radius 3 is 2.59 bits per heavy atom. The molecule has 0 aromatic rings. The monoisotopic (exact) mass is 300 g/mol. The molecule has 3 rings (SSSR count). The summed E-state index contributed by atoms with van der Waals surface area (Å²) in [6.45, 7) is 13.7. The Morgan fingerprint density at radius 2 is 1.95 bits per heavy atom. The molecule has 1 heteroatoms. The van der Waals surface area contributed by atoms with Crippen LogP contribution in [0.2, 0.25) is 0 Å². The van der Waals surface area contributed by atoms with Gasteiger partial charge in [-0.2, -0.15) is 7.05 Å². The summed E-state index contributed by atoms with van der Waals surface area (Å²) >= 11 is 0. The van der Waals surface area contributed by atoms with Crippen LogP contribution in [-0.2, 0) is 0 Å². The lowest BCUT2D eigenvalue weighted by Crippen LogP contribution is -2.53. The molecule has 0 N–H and O–H groups in total. The van der Waals surface area contributed by atoms with E-state index in [0.29, 0.717) is 5.41 Å². The van der Waals surface area contributed by atoms with Gasteiger partial charge in [-0.1, -0.05) is 70.3 Å². The molecule has 0 aromatic heterocycles. The van der Waals surface area contributed by atoms with E-state index in [-0.39, 0.29) is 5.54 Å². The SMILES string of the molecule is C=C(C)/C=C/[C@@]12C[C@@H](C)[C@@H]3CC[C@@](C)([N-]C)[C@H](CC[C@@H]1C)[C@H]32. The highest BCUT2D eigenvalue weighted by Crippen LogP contribution is 2.68. The van der Waals surface area contributed by atoms with Gasteiger partial charge in [0.05, 0.1) is 0 Å². The summed E-state index contributed by atoms with van der Waals surface area (Å²) in [5, 5.41) is 4.90. The van der Waals surface area contributed by atoms with E-state index in [1.807, 2.05) is 0 Å². The van der Waals surface area contributed by atoms with Crippen LogP contribution in [0, 0.1) is 35.0 Å². The van der Waals surface area contributed by atoms with Crippen LogP contribution in [0.5, 0.6) is 0 Å². The summed E-state index contributed by atoms with van der Waals surface area (Å²) in [4.78, 5) is 0. The first-order chi connectivity index (χ1) is 10.3. The lowest BCUT2D eigenvalue weighted by Gasteiger charge is -2.62. The van der Waals surface area contributed by atoms with Crippen LogP contribution in [0.4, 0.5) is 0 Å². The van der Waals surface area contributed by atoms with Gasteiger partial charge in [0.15, 0.2) is 0 Å². The van der Waals surface area contributed by atoms with Gasteiger partial charge in [0.25, 0.3) is 0 Å². The van der Waals surface area contributed by atoms with Crippen LogP contribution in [0.15, 0.2) is 24.3 Å². The molecule has 0 spiro atoms. The predicted octanol–water partition coefficient (Wildman–Crippen LogP) is 5.98. The Balaban J connectivity index is 2.05. The van der Waals surface area contributed by atoms with Crippen molar-refractivity contribution in [3.63, 3.8) is 0 Å². The first-order valence-corrected chi connectivity index (χ1v) is 9.30. The fourth-order valence-corrected chi connectivity index (χ4v) is 6.40. The van der Waals surface area contributed by atoms with Crippen LogP contribution in [0.3, 0.4) is 0 Å². The van der Waals surface area contributed by atoms with E-state index >= 15 is 0 Å². The van der Waals surface area contributed by atoms with Crippen molar-refractivity contribution in [3.8, 4) is 0 Å². The Bertz CT molecular complexity index is 478. The molecule has 3 saturated carbocycles. The summed E-state index contributed by atoms with van der Waals surface area (Å²) in [5.74, 6) is 4.20. The number of allylic oxidation sites excluding steroid dienone is 3. The molecule has 0 unspecified atom stereocenters. The van der Waals surface area contributed by atoms with Gasteiger partial charge in [0, 0.05) is 0 Å². The largest absolute Gasteiger partial charge is 0.659 e. The average Bonchev–Trinajstić information content (AvgIpc) is 2.78. The molecule has 3 aliphatic rings. The van der Waals surface area contributed by atoms with Gasteiger partial charge in [0.1, 0.15) is 0 Å². The summed E-state index contributed by atoms with van der Waals surface area (Å²) in [7, 11) is 2.06. The van der Waals surface area contributed by atoms with E-state index in [1.165, 1.54) is 37.7 Å². The van der Waals surface area contributed by atoms with Crippen molar-refractivity contribution in [2.24, 2.45) is 35.0 Å². The second kappa shape index (κ2) is 5.51. The quantitative estimate of drug-likeness (QED) is 0.569. The molecule has 124 valence electrons. The van der Waals surface area contributed by atoms with Gasteiger partial charge in [-0.15, -0.1) is 5.54 Å². The highest BCUT2D eigenvalue weighted by atomic mass is 15.0. The van der Waals surface area contributed by atoms with Crippen molar-refractivity contribution < 1.29 is 0 Å². The molecular formula is C21H34N-. The lowest BCUT2D eigenvalue weighted by atomic mass is 9.50. The molecular weight excluding hydrogens is 266 g/mol. The van der Waals surface area contributed by atoms with Crippen molar-refractivity contribution in [3.05, 3.63) is 29.6 Å². The fourth-order valence-electron chi connectivity index (χ4n) is 6.40. The summed E-state index contributed by atoms with van der Waals surface area (Å²) < 4.78 is 0. The number of hydrogen-bond acceptors (Lipinski definition) is 0. The molecule has 0 saturated heterocycles. The number of rotatable bonds is 3. The minimum absolute atomic E-state index is 0.216. The normalized spacial score (nSPS) is 51.0. The zero-order valence-electron chi connectivity index (χ0n) is 15.2. The van der Waals surface area contributed by atoms with E-state index in [4.69, 9.17) is 5.32 Å². The highest BCUT2D eigenvalue weighted by molar-refractivity contribution is 5.25. The molecule has 7 atom stereocenters. The van der Waals surface area contributed by atoms with Crippen molar-refractivity contribution in [1.29, 1.82) is 0 Å². The highest BCUT2D eigenvalue weighted by Gasteiger charge is 2.60. The topological polar surface area (TPSA) is 14.1 Å². The van der Waals surface area contributed by atoms with Gasteiger partial charge in [0.2, 0.25) is 0 Å². The fraction of sp³-hybridized carbons (Fsp3) is 0.810. The van der Waals surface area contributed by atoms with E-state index in [2.05, 4.69) is 53.5 Å². The maximum atomic E-state index is 4.90. The van der Waals surface area contributed by atoms with Crippen LogP contribution in [-0.4, -0.2) is 12.6 Å². The second-order valence-electron chi connectivity index (χ2n) is 8.87. The third kappa shape index (κ3) is 2.23. The van der Waals surface area contributed by atoms with Crippen molar-refractivity contribution in [2.75, 3.05) is 7.05 Å². The Hall–Kier alpha value is -0.560. The second-order valence-corrected chi connectivity index (χ2v) is 8.87. The van der Waals surface area contributed by atoms with Gasteiger partial charge in [-0.05, 0) is 48.9 Å². The first-order valence-electron chi connectivity index (χ1n) is 9.30. The van der Waals surface area contributed by atoms with Crippen LogP contribution >= 0.6 is 0 Å². The molecule has 1 nitrogen and oxygen atoms in total. The van der Waals surface area contributed by atoms with Gasteiger partial charge in [-0.25, -0.2) is 0 Å². The first kappa shape index (κ1) is 16.3. The van der Waals surface area contributed by atoms with Crippen molar-refractivity contribution in [1.82, 2.24) is 0 Å². The van der Waals surface area contributed by atoms with E-state index in [9.17, 15) is 0 Å². The van der Waals surface area contributed by atoms with Crippen molar-refractivity contribution in [2.45, 2.75) is 65.3 Å². The Morgan fingerprint density at radius 1 is 1.23 bits per heavy atom. The van der Waals surface area contributed by atoms with Crippen LogP contribution < -0.4 is 0 Å². The molecule has 3 aliphatic carbocycles. The molecule has 0 bridgehead atoms. The summed E-state index contributed by atoms with van der Waals surface area (Å²) in [6, 6.07) is 0. The zero-order valence-corrected chi connectivity index (χ0v) is 15.2. The van der Waals surface area contributed by atoms with Crippen molar-refractivity contribution >= 4 is 0 Å². The van der Waals surface area contributed by atoms with E-state index in [0.717, 1.165) is 29.6 Å². The minimum atomic E-state index is 0.216.